The molecule has 0 aliphatic heterocycles. The highest BCUT2D eigenvalue weighted by Gasteiger charge is 2.17. The molecular formula is C14H17N5O2. The normalized spacial score (nSPS) is 12.0. The molecule has 0 atom stereocenters. The topological polar surface area (TPSA) is 116 Å². The van der Waals surface area contributed by atoms with Gasteiger partial charge < -0.3 is 15.9 Å². The number of carbonyl (C=O) groups excluding carboxylic acids is 1. The molecule has 2 aromatic rings. The van der Waals surface area contributed by atoms with Crippen LogP contribution in [0, 0.1) is 0 Å². The molecule has 21 heavy (non-hydrogen) atoms. The Morgan fingerprint density at radius 3 is 2.52 bits per heavy atom. The number of fused-ring (bicyclic) bond motifs is 1. The van der Waals surface area contributed by atoms with E-state index in [-0.39, 0.29) is 5.78 Å². The number of ketones is 1. The molecule has 0 aliphatic carbocycles. The van der Waals surface area contributed by atoms with Gasteiger partial charge in [-0.15, -0.1) is 0 Å². The molecule has 0 saturated carbocycles. The lowest BCUT2D eigenvalue weighted by Gasteiger charge is -2.13. The lowest BCUT2D eigenvalue weighted by atomic mass is 9.99. The Morgan fingerprint density at radius 1 is 1.29 bits per heavy atom. The Balaban J connectivity index is 2.75. The fourth-order valence-corrected chi connectivity index (χ4v) is 2.15. The minimum Gasteiger partial charge on any atom is -0.496 e. The van der Waals surface area contributed by atoms with Gasteiger partial charge in [-0.2, -0.15) is 0 Å². The van der Waals surface area contributed by atoms with E-state index in [1.807, 2.05) is 0 Å². The summed E-state index contributed by atoms with van der Waals surface area (Å²) in [6, 6.07) is 3.43. The standard InChI is InChI=1S/C14H17N5O2/c1-7(15)14(8(2)20)9-4-10-11(5-12(9)21-3)18-13(19-16)6-17-10/h4-6H,15-16H2,1-3H3,(H,18,19). The summed E-state index contributed by atoms with van der Waals surface area (Å²) in [5.74, 6) is 6.12. The maximum Gasteiger partial charge on any atom is 0.162 e. The molecule has 5 N–H and O–H groups in total. The summed E-state index contributed by atoms with van der Waals surface area (Å²) in [4.78, 5) is 20.4. The SMILES string of the molecule is COc1cc2nc(NN)cnc2cc1C(C(C)=O)=C(C)N. The van der Waals surface area contributed by atoms with Gasteiger partial charge in [0.2, 0.25) is 0 Å². The van der Waals surface area contributed by atoms with Crippen molar-refractivity contribution in [3.8, 4) is 5.75 Å². The van der Waals surface area contributed by atoms with Gasteiger partial charge in [0.25, 0.3) is 0 Å². The summed E-state index contributed by atoms with van der Waals surface area (Å²) >= 11 is 0. The average molecular weight is 287 g/mol. The Bertz CT molecular complexity index is 735. The number of nitrogen functional groups attached to an aromatic ring is 1. The zero-order valence-corrected chi connectivity index (χ0v) is 12.1. The summed E-state index contributed by atoms with van der Waals surface area (Å²) in [6.07, 6.45) is 1.51. The van der Waals surface area contributed by atoms with Gasteiger partial charge in [-0.3, -0.25) is 9.78 Å². The molecule has 2 rings (SSSR count). The highest BCUT2D eigenvalue weighted by atomic mass is 16.5. The molecule has 0 saturated heterocycles. The van der Waals surface area contributed by atoms with Gasteiger partial charge in [-0.1, -0.05) is 0 Å². The number of benzene rings is 1. The van der Waals surface area contributed by atoms with Crippen LogP contribution in [0.1, 0.15) is 19.4 Å². The van der Waals surface area contributed by atoms with Crippen LogP contribution >= 0.6 is 0 Å². The third-order valence-corrected chi connectivity index (χ3v) is 3.03. The lowest BCUT2D eigenvalue weighted by molar-refractivity contribution is -0.111. The Labute approximate surface area is 122 Å². The molecule has 1 aromatic carbocycles. The first kappa shape index (κ1) is 14.7. The number of allylic oxidation sites excluding steroid dienone is 2. The van der Waals surface area contributed by atoms with Gasteiger partial charge in [0.05, 0.1) is 24.3 Å². The van der Waals surface area contributed by atoms with Crippen molar-refractivity contribution < 1.29 is 9.53 Å². The number of nitrogens with two attached hydrogens (primary N) is 2. The van der Waals surface area contributed by atoms with Crippen molar-refractivity contribution in [1.82, 2.24) is 9.97 Å². The number of hydrazine groups is 1. The lowest BCUT2D eigenvalue weighted by Crippen LogP contribution is -2.09. The van der Waals surface area contributed by atoms with Gasteiger partial charge in [0.1, 0.15) is 5.75 Å². The summed E-state index contributed by atoms with van der Waals surface area (Å²) in [5, 5.41) is 0. The van der Waals surface area contributed by atoms with Crippen molar-refractivity contribution in [3.63, 3.8) is 0 Å². The van der Waals surface area contributed by atoms with Crippen LogP contribution in [0.5, 0.6) is 5.75 Å². The van der Waals surface area contributed by atoms with Crippen LogP contribution in [0.25, 0.3) is 16.6 Å². The van der Waals surface area contributed by atoms with E-state index in [1.54, 1.807) is 19.1 Å². The second-order valence-corrected chi connectivity index (χ2v) is 4.55. The van der Waals surface area contributed by atoms with E-state index >= 15 is 0 Å². The minimum absolute atomic E-state index is 0.138. The van der Waals surface area contributed by atoms with E-state index in [0.29, 0.717) is 39.4 Å². The largest absolute Gasteiger partial charge is 0.496 e. The number of anilines is 1. The molecule has 0 fully saturated rings. The second-order valence-electron chi connectivity index (χ2n) is 4.55. The molecule has 1 aromatic heterocycles. The summed E-state index contributed by atoms with van der Waals surface area (Å²) in [5.41, 5.74) is 10.9. The van der Waals surface area contributed by atoms with Crippen LogP contribution in [0.2, 0.25) is 0 Å². The fraction of sp³-hybridized carbons (Fsp3) is 0.214. The molecule has 0 spiro atoms. The number of hydrogen-bond acceptors (Lipinski definition) is 7. The molecule has 1 heterocycles. The molecule has 110 valence electrons. The number of nitrogens with zero attached hydrogens (tertiary/aromatic N) is 2. The number of methoxy groups -OCH3 is 1. The molecule has 0 unspecified atom stereocenters. The third-order valence-electron chi connectivity index (χ3n) is 3.03. The second kappa shape index (κ2) is 5.76. The number of hydrogen-bond donors (Lipinski definition) is 3. The first-order valence-electron chi connectivity index (χ1n) is 6.27. The Hall–Kier alpha value is -2.67. The quantitative estimate of drug-likeness (QED) is 0.439. The average Bonchev–Trinajstić information content (AvgIpc) is 2.45. The number of aromatic nitrogens is 2. The summed E-state index contributed by atoms with van der Waals surface area (Å²) < 4.78 is 5.35. The number of Topliss-reactive ketones (excluding diaryl/α,β-unsaturated/α-hetero) is 1. The number of ether oxygens (including phenoxy) is 1. The van der Waals surface area contributed by atoms with Crippen molar-refractivity contribution in [3.05, 3.63) is 29.6 Å². The van der Waals surface area contributed by atoms with E-state index in [4.69, 9.17) is 16.3 Å². The Morgan fingerprint density at radius 2 is 2.00 bits per heavy atom. The van der Waals surface area contributed by atoms with Crippen LogP contribution in [-0.4, -0.2) is 22.9 Å². The molecule has 0 aliphatic rings. The van der Waals surface area contributed by atoms with Crippen molar-refractivity contribution >= 4 is 28.2 Å². The van der Waals surface area contributed by atoms with Gasteiger partial charge in [0, 0.05) is 22.9 Å². The van der Waals surface area contributed by atoms with Gasteiger partial charge in [-0.25, -0.2) is 10.8 Å². The van der Waals surface area contributed by atoms with E-state index in [9.17, 15) is 4.79 Å². The summed E-state index contributed by atoms with van der Waals surface area (Å²) in [6.45, 7) is 3.13. The van der Waals surface area contributed by atoms with Crippen LogP contribution in [-0.2, 0) is 4.79 Å². The molecule has 0 radical (unpaired) electrons. The molecular weight excluding hydrogens is 270 g/mol. The highest BCUT2D eigenvalue weighted by molar-refractivity contribution is 6.21. The van der Waals surface area contributed by atoms with Crippen molar-refractivity contribution in [2.45, 2.75) is 13.8 Å². The zero-order chi connectivity index (χ0) is 15.6. The smallest absolute Gasteiger partial charge is 0.162 e. The van der Waals surface area contributed by atoms with E-state index in [0.717, 1.165) is 0 Å². The van der Waals surface area contributed by atoms with Crippen molar-refractivity contribution in [2.75, 3.05) is 12.5 Å². The van der Waals surface area contributed by atoms with Crippen LogP contribution in [0.3, 0.4) is 0 Å². The van der Waals surface area contributed by atoms with E-state index in [1.165, 1.54) is 20.2 Å². The predicted molar refractivity (Wildman–Crippen MR) is 81.4 cm³/mol. The third kappa shape index (κ3) is 2.77. The van der Waals surface area contributed by atoms with E-state index < -0.39 is 0 Å². The Kier molecular flexibility index (Phi) is 4.04. The van der Waals surface area contributed by atoms with E-state index in [2.05, 4.69) is 15.4 Å². The van der Waals surface area contributed by atoms with Crippen molar-refractivity contribution in [2.24, 2.45) is 11.6 Å². The van der Waals surface area contributed by atoms with Crippen LogP contribution < -0.4 is 21.7 Å². The highest BCUT2D eigenvalue weighted by Crippen LogP contribution is 2.31. The predicted octanol–water partition coefficient (Wildman–Crippen LogP) is 1.20. The van der Waals surface area contributed by atoms with Gasteiger partial charge in [-0.05, 0) is 19.9 Å². The van der Waals surface area contributed by atoms with Gasteiger partial charge >= 0.3 is 0 Å². The first-order chi connectivity index (χ1) is 9.97. The zero-order valence-electron chi connectivity index (χ0n) is 12.1. The fourth-order valence-electron chi connectivity index (χ4n) is 2.15. The van der Waals surface area contributed by atoms with Gasteiger partial charge in [0.15, 0.2) is 11.6 Å². The molecule has 0 bridgehead atoms. The maximum absolute atomic E-state index is 11.8. The van der Waals surface area contributed by atoms with Crippen LogP contribution in [0.4, 0.5) is 5.82 Å². The number of carbonyl (C=O) groups is 1. The maximum atomic E-state index is 11.8. The monoisotopic (exact) mass is 287 g/mol. The molecule has 7 nitrogen and oxygen atoms in total. The minimum atomic E-state index is -0.138. The number of rotatable bonds is 4. The molecule has 7 heteroatoms. The molecule has 0 amide bonds. The van der Waals surface area contributed by atoms with Crippen LogP contribution in [0.15, 0.2) is 24.0 Å². The van der Waals surface area contributed by atoms with Crippen molar-refractivity contribution in [1.29, 1.82) is 0 Å². The summed E-state index contributed by atoms with van der Waals surface area (Å²) in [7, 11) is 1.52. The number of nitrogens with one attached hydrogen (secondary N) is 1. The first-order valence-corrected chi connectivity index (χ1v) is 6.27.